The molecule has 0 radical (unpaired) electrons. The number of hydrogen-bond acceptors (Lipinski definition) is 3. The summed E-state index contributed by atoms with van der Waals surface area (Å²) in [6, 6.07) is 3.18. The maximum atomic E-state index is 12.5. The van der Waals surface area contributed by atoms with Gasteiger partial charge in [-0.25, -0.2) is 0 Å². The fraction of sp³-hybridized carbons (Fsp3) is 0.385. The number of carbonyl (C=O) groups excluding carboxylic acids is 2. The Balaban J connectivity index is 2.11. The summed E-state index contributed by atoms with van der Waals surface area (Å²) in [5, 5.41) is 2.66. The van der Waals surface area contributed by atoms with Crippen molar-refractivity contribution in [2.75, 3.05) is 17.6 Å². The number of anilines is 2. The summed E-state index contributed by atoms with van der Waals surface area (Å²) in [7, 11) is 0. The average Bonchev–Trinajstić information content (AvgIpc) is 2.90. The summed E-state index contributed by atoms with van der Waals surface area (Å²) in [6.07, 6.45) is -4.48. The van der Waals surface area contributed by atoms with E-state index >= 15 is 0 Å². The maximum Gasteiger partial charge on any atom is 0.471 e. The third-order valence-electron chi connectivity index (χ3n) is 3.33. The highest BCUT2D eigenvalue weighted by Crippen LogP contribution is 2.27. The number of nitrogens with two attached hydrogens (primary N) is 1. The standard InChI is InChI=1S/C13H13ClF3N3O2/c14-8-6-7(3-4-9(8)18)19-11(21)10-2-1-5-20(10)12(22)13(15,16)17/h3-4,6,10H,1-2,5,18H2,(H,19,21). The molecule has 1 unspecified atom stereocenters. The van der Waals surface area contributed by atoms with E-state index < -0.39 is 24.0 Å². The third-order valence-corrected chi connectivity index (χ3v) is 3.65. The number of carbonyl (C=O) groups is 2. The SMILES string of the molecule is Nc1ccc(NC(=O)C2CCCN2C(=O)C(F)(F)F)cc1Cl. The first-order valence-electron chi connectivity index (χ1n) is 6.44. The molecule has 22 heavy (non-hydrogen) atoms. The number of benzene rings is 1. The first-order chi connectivity index (χ1) is 10.2. The summed E-state index contributed by atoms with van der Waals surface area (Å²) in [5.41, 5.74) is 6.14. The Hall–Kier alpha value is -1.96. The minimum Gasteiger partial charge on any atom is -0.398 e. The molecule has 2 rings (SSSR count). The second-order valence-corrected chi connectivity index (χ2v) is 5.29. The second-order valence-electron chi connectivity index (χ2n) is 4.88. The molecule has 0 spiro atoms. The Kier molecular flexibility index (Phi) is 4.50. The Morgan fingerprint density at radius 3 is 2.64 bits per heavy atom. The van der Waals surface area contributed by atoms with Crippen LogP contribution >= 0.6 is 11.6 Å². The van der Waals surface area contributed by atoms with E-state index in [-0.39, 0.29) is 18.0 Å². The van der Waals surface area contributed by atoms with E-state index in [0.717, 1.165) is 0 Å². The molecule has 1 heterocycles. The molecule has 5 nitrogen and oxygen atoms in total. The highest BCUT2D eigenvalue weighted by atomic mass is 35.5. The maximum absolute atomic E-state index is 12.5. The van der Waals surface area contributed by atoms with Crippen LogP contribution in [0.5, 0.6) is 0 Å². The van der Waals surface area contributed by atoms with Gasteiger partial charge in [-0.3, -0.25) is 9.59 Å². The van der Waals surface area contributed by atoms with Crippen molar-refractivity contribution in [3.8, 4) is 0 Å². The van der Waals surface area contributed by atoms with Crippen LogP contribution in [0.4, 0.5) is 24.5 Å². The molecule has 120 valence electrons. The number of rotatable bonds is 2. The molecule has 1 saturated heterocycles. The van der Waals surface area contributed by atoms with Crippen LogP contribution in [0.2, 0.25) is 5.02 Å². The molecule has 1 aromatic rings. The zero-order valence-corrected chi connectivity index (χ0v) is 12.0. The van der Waals surface area contributed by atoms with E-state index in [0.29, 0.717) is 22.7 Å². The van der Waals surface area contributed by atoms with Crippen molar-refractivity contribution in [3.63, 3.8) is 0 Å². The van der Waals surface area contributed by atoms with Crippen LogP contribution in [0.15, 0.2) is 18.2 Å². The van der Waals surface area contributed by atoms with Crippen LogP contribution in [0.3, 0.4) is 0 Å². The summed E-state index contributed by atoms with van der Waals surface area (Å²) < 4.78 is 37.5. The van der Waals surface area contributed by atoms with Gasteiger partial charge in [0, 0.05) is 12.2 Å². The highest BCUT2D eigenvalue weighted by molar-refractivity contribution is 6.33. The van der Waals surface area contributed by atoms with Gasteiger partial charge in [0.05, 0.1) is 10.7 Å². The predicted molar refractivity (Wildman–Crippen MR) is 75.3 cm³/mol. The molecular weight excluding hydrogens is 323 g/mol. The van der Waals surface area contributed by atoms with E-state index in [2.05, 4.69) is 5.32 Å². The van der Waals surface area contributed by atoms with Crippen molar-refractivity contribution in [1.82, 2.24) is 4.90 Å². The fourth-order valence-electron chi connectivity index (χ4n) is 2.28. The van der Waals surface area contributed by atoms with Crippen LogP contribution in [0.1, 0.15) is 12.8 Å². The van der Waals surface area contributed by atoms with Crippen molar-refractivity contribution in [1.29, 1.82) is 0 Å². The smallest absolute Gasteiger partial charge is 0.398 e. The molecule has 1 fully saturated rings. The quantitative estimate of drug-likeness (QED) is 0.815. The van der Waals surface area contributed by atoms with Gasteiger partial charge >= 0.3 is 12.1 Å². The summed E-state index contributed by atoms with van der Waals surface area (Å²) in [4.78, 5) is 24.0. The predicted octanol–water partition coefficient (Wildman–Crippen LogP) is 2.41. The Morgan fingerprint density at radius 1 is 1.36 bits per heavy atom. The molecule has 1 atom stereocenters. The van der Waals surface area contributed by atoms with Gasteiger partial charge in [-0.1, -0.05) is 11.6 Å². The lowest BCUT2D eigenvalue weighted by atomic mass is 10.2. The Morgan fingerprint density at radius 2 is 2.05 bits per heavy atom. The minimum atomic E-state index is -4.99. The van der Waals surface area contributed by atoms with Crippen LogP contribution < -0.4 is 11.1 Å². The molecule has 0 bridgehead atoms. The lowest BCUT2D eigenvalue weighted by Gasteiger charge is -2.24. The van der Waals surface area contributed by atoms with Gasteiger partial charge in [-0.05, 0) is 31.0 Å². The topological polar surface area (TPSA) is 75.4 Å². The molecule has 0 aromatic heterocycles. The normalized spacial score (nSPS) is 18.4. The summed E-state index contributed by atoms with van der Waals surface area (Å²) in [5.74, 6) is -2.68. The zero-order chi connectivity index (χ0) is 16.5. The number of likely N-dealkylation sites (tertiary alicyclic amines) is 1. The first-order valence-corrected chi connectivity index (χ1v) is 6.81. The van der Waals surface area contributed by atoms with Crippen molar-refractivity contribution in [2.45, 2.75) is 25.1 Å². The Bertz CT molecular complexity index is 607. The molecular formula is C13H13ClF3N3O2. The molecule has 0 saturated carbocycles. The average molecular weight is 336 g/mol. The number of nitrogen functional groups attached to an aromatic ring is 1. The lowest BCUT2D eigenvalue weighted by molar-refractivity contribution is -0.186. The second kappa shape index (κ2) is 6.04. The fourth-order valence-corrected chi connectivity index (χ4v) is 2.46. The molecule has 0 aliphatic carbocycles. The minimum absolute atomic E-state index is 0.0983. The molecule has 2 amide bonds. The van der Waals surface area contributed by atoms with Gasteiger partial charge in [0.25, 0.3) is 0 Å². The number of nitrogens with zero attached hydrogens (tertiary/aromatic N) is 1. The molecule has 9 heteroatoms. The van der Waals surface area contributed by atoms with Crippen molar-refractivity contribution in [3.05, 3.63) is 23.2 Å². The monoisotopic (exact) mass is 335 g/mol. The zero-order valence-electron chi connectivity index (χ0n) is 11.3. The van der Waals surface area contributed by atoms with E-state index in [9.17, 15) is 22.8 Å². The third kappa shape index (κ3) is 3.44. The van der Waals surface area contributed by atoms with Gasteiger partial charge in [0.1, 0.15) is 6.04 Å². The summed E-state index contributed by atoms with van der Waals surface area (Å²) >= 11 is 5.81. The van der Waals surface area contributed by atoms with E-state index in [1.54, 1.807) is 0 Å². The van der Waals surface area contributed by atoms with Crippen molar-refractivity contribution < 1.29 is 22.8 Å². The molecule has 1 aromatic carbocycles. The number of nitrogens with one attached hydrogen (secondary N) is 1. The number of halogens is 4. The highest BCUT2D eigenvalue weighted by Gasteiger charge is 2.47. The van der Waals surface area contributed by atoms with Crippen molar-refractivity contribution in [2.24, 2.45) is 0 Å². The number of amides is 2. The number of alkyl halides is 3. The number of hydrogen-bond donors (Lipinski definition) is 2. The van der Waals surface area contributed by atoms with Gasteiger partial charge < -0.3 is 16.0 Å². The lowest BCUT2D eigenvalue weighted by Crippen LogP contribution is -2.48. The van der Waals surface area contributed by atoms with E-state index in [1.807, 2.05) is 0 Å². The van der Waals surface area contributed by atoms with Gasteiger partial charge in [-0.15, -0.1) is 0 Å². The van der Waals surface area contributed by atoms with E-state index in [1.165, 1.54) is 18.2 Å². The molecule has 3 N–H and O–H groups in total. The Labute approximate surface area is 129 Å². The van der Waals surface area contributed by atoms with Crippen LogP contribution in [-0.2, 0) is 9.59 Å². The van der Waals surface area contributed by atoms with E-state index in [4.69, 9.17) is 17.3 Å². The van der Waals surface area contributed by atoms with Crippen molar-refractivity contribution >= 4 is 34.8 Å². The van der Waals surface area contributed by atoms with Crippen LogP contribution in [0.25, 0.3) is 0 Å². The first kappa shape index (κ1) is 16.4. The molecule has 1 aliphatic heterocycles. The van der Waals surface area contributed by atoms with Crippen LogP contribution in [0, 0.1) is 0 Å². The van der Waals surface area contributed by atoms with Gasteiger partial charge in [0.2, 0.25) is 5.91 Å². The van der Waals surface area contributed by atoms with Crippen LogP contribution in [-0.4, -0.2) is 35.5 Å². The van der Waals surface area contributed by atoms with Gasteiger partial charge in [-0.2, -0.15) is 13.2 Å². The largest absolute Gasteiger partial charge is 0.471 e. The molecule has 1 aliphatic rings. The van der Waals surface area contributed by atoms with Gasteiger partial charge in [0.15, 0.2) is 0 Å². The summed E-state index contributed by atoms with van der Waals surface area (Å²) in [6.45, 7) is -0.0983.